The molecule has 0 aromatic carbocycles. The standard InChI is InChI=1S/C20H31NO8/c1-10(2)13(17(23)24-7)21-12(22)9-8-11-14-15(27-19(3,4)26-14)16-18(25-11)29-20(5,6)28-16/h8-11,13-16,18H,1-7H3,(H,21,22)/b9-8+/t11-,13?,14+,15+,16-,18-/m1/s1. The molecule has 1 amide bonds. The molecule has 164 valence electrons. The van der Waals surface area contributed by atoms with E-state index >= 15 is 0 Å². The second-order valence-corrected chi connectivity index (χ2v) is 8.75. The van der Waals surface area contributed by atoms with Crippen LogP contribution in [0.3, 0.4) is 0 Å². The van der Waals surface area contributed by atoms with E-state index < -0.39 is 60.2 Å². The quantitative estimate of drug-likeness (QED) is 0.531. The number of esters is 1. The second-order valence-electron chi connectivity index (χ2n) is 8.75. The highest BCUT2D eigenvalue weighted by Gasteiger charge is 2.60. The normalized spacial score (nSPS) is 35.9. The lowest BCUT2D eigenvalue weighted by molar-refractivity contribution is -0.222. The van der Waals surface area contributed by atoms with Crippen molar-refractivity contribution in [3.63, 3.8) is 0 Å². The third-order valence-electron chi connectivity index (χ3n) is 5.05. The Bertz CT molecular complexity index is 673. The molecule has 3 rings (SSSR count). The Morgan fingerprint density at radius 1 is 0.966 bits per heavy atom. The molecule has 0 radical (unpaired) electrons. The van der Waals surface area contributed by atoms with Crippen molar-refractivity contribution in [2.45, 2.75) is 89.9 Å². The van der Waals surface area contributed by atoms with Crippen LogP contribution in [0.25, 0.3) is 0 Å². The molecule has 0 aromatic rings. The molecule has 3 heterocycles. The van der Waals surface area contributed by atoms with Gasteiger partial charge in [0.15, 0.2) is 17.9 Å². The van der Waals surface area contributed by atoms with Gasteiger partial charge in [-0.25, -0.2) is 4.79 Å². The van der Waals surface area contributed by atoms with Gasteiger partial charge in [-0.05, 0) is 39.7 Å². The number of hydrogen-bond donors (Lipinski definition) is 1. The van der Waals surface area contributed by atoms with Crippen LogP contribution < -0.4 is 5.32 Å². The number of methoxy groups -OCH3 is 1. The summed E-state index contributed by atoms with van der Waals surface area (Å²) in [4.78, 5) is 24.2. The molecule has 1 unspecified atom stereocenters. The van der Waals surface area contributed by atoms with Crippen LogP contribution in [0, 0.1) is 5.92 Å². The maximum atomic E-state index is 12.4. The average Bonchev–Trinajstić information content (AvgIpc) is 3.10. The summed E-state index contributed by atoms with van der Waals surface area (Å²) in [5, 5.41) is 2.66. The van der Waals surface area contributed by atoms with Gasteiger partial charge in [-0.3, -0.25) is 4.79 Å². The van der Waals surface area contributed by atoms with Crippen molar-refractivity contribution in [3.05, 3.63) is 12.2 Å². The largest absolute Gasteiger partial charge is 0.467 e. The van der Waals surface area contributed by atoms with Gasteiger partial charge in [-0.1, -0.05) is 13.8 Å². The maximum absolute atomic E-state index is 12.4. The van der Waals surface area contributed by atoms with E-state index in [1.54, 1.807) is 6.08 Å². The molecule has 3 aliphatic rings. The Morgan fingerprint density at radius 3 is 2.17 bits per heavy atom. The smallest absolute Gasteiger partial charge is 0.328 e. The fourth-order valence-electron chi connectivity index (χ4n) is 3.81. The van der Waals surface area contributed by atoms with Gasteiger partial charge in [-0.2, -0.15) is 0 Å². The third kappa shape index (κ3) is 4.80. The summed E-state index contributed by atoms with van der Waals surface area (Å²) in [6, 6.07) is -0.737. The van der Waals surface area contributed by atoms with Gasteiger partial charge in [0.2, 0.25) is 5.91 Å². The molecule has 0 spiro atoms. The Kier molecular flexibility index (Phi) is 6.08. The molecule has 3 saturated heterocycles. The van der Waals surface area contributed by atoms with E-state index in [0.717, 1.165) is 0 Å². The molecule has 0 saturated carbocycles. The van der Waals surface area contributed by atoms with Gasteiger partial charge in [-0.15, -0.1) is 0 Å². The second kappa shape index (κ2) is 7.96. The van der Waals surface area contributed by atoms with Crippen molar-refractivity contribution in [2.24, 2.45) is 5.92 Å². The Hall–Kier alpha value is -1.52. The minimum absolute atomic E-state index is 0.116. The van der Waals surface area contributed by atoms with Crippen molar-refractivity contribution in [2.75, 3.05) is 7.11 Å². The van der Waals surface area contributed by atoms with Crippen molar-refractivity contribution in [1.82, 2.24) is 5.32 Å². The Labute approximate surface area is 171 Å². The maximum Gasteiger partial charge on any atom is 0.328 e. The molecule has 9 nitrogen and oxygen atoms in total. The van der Waals surface area contributed by atoms with E-state index in [4.69, 9.17) is 28.4 Å². The number of carbonyl (C=O) groups is 2. The first-order valence-electron chi connectivity index (χ1n) is 9.86. The van der Waals surface area contributed by atoms with Crippen LogP contribution in [-0.4, -0.2) is 67.3 Å². The minimum Gasteiger partial charge on any atom is -0.467 e. The molecule has 1 N–H and O–H groups in total. The SMILES string of the molecule is COC(=O)C(NC(=O)/C=C/[C@H]1O[C@@H]2OC(C)(C)O[C@@H]2[C@H]2OC(C)(C)O[C@H]21)C(C)C. The molecule has 3 aliphatic heterocycles. The van der Waals surface area contributed by atoms with Gasteiger partial charge < -0.3 is 33.7 Å². The van der Waals surface area contributed by atoms with Crippen LogP contribution in [-0.2, 0) is 38.0 Å². The average molecular weight is 413 g/mol. The minimum atomic E-state index is -0.814. The first-order valence-corrected chi connectivity index (χ1v) is 9.86. The Morgan fingerprint density at radius 2 is 1.55 bits per heavy atom. The zero-order valence-corrected chi connectivity index (χ0v) is 18.0. The topological polar surface area (TPSA) is 102 Å². The fraction of sp³-hybridized carbons (Fsp3) is 0.800. The van der Waals surface area contributed by atoms with Gasteiger partial charge in [0.25, 0.3) is 0 Å². The monoisotopic (exact) mass is 413 g/mol. The van der Waals surface area contributed by atoms with Crippen LogP contribution in [0.2, 0.25) is 0 Å². The summed E-state index contributed by atoms with van der Waals surface area (Å²) >= 11 is 0. The zero-order chi connectivity index (χ0) is 21.6. The summed E-state index contributed by atoms with van der Waals surface area (Å²) in [6.07, 6.45) is 0.408. The lowest BCUT2D eigenvalue weighted by Gasteiger charge is -2.36. The summed E-state index contributed by atoms with van der Waals surface area (Å²) in [7, 11) is 1.29. The third-order valence-corrected chi connectivity index (χ3v) is 5.05. The first kappa shape index (κ1) is 22.2. The van der Waals surface area contributed by atoms with E-state index in [-0.39, 0.29) is 5.92 Å². The summed E-state index contributed by atoms with van der Waals surface area (Å²) in [5.41, 5.74) is 0. The predicted molar refractivity (Wildman–Crippen MR) is 100 cm³/mol. The van der Waals surface area contributed by atoms with Crippen LogP contribution >= 0.6 is 0 Å². The molecule has 6 atom stereocenters. The highest BCUT2D eigenvalue weighted by atomic mass is 16.9. The molecule has 9 heteroatoms. The predicted octanol–water partition coefficient (Wildman–Crippen LogP) is 1.25. The highest BCUT2D eigenvalue weighted by Crippen LogP contribution is 2.44. The Balaban J connectivity index is 1.72. The van der Waals surface area contributed by atoms with Crippen LogP contribution in [0.4, 0.5) is 0 Å². The first-order chi connectivity index (χ1) is 13.4. The molecule has 29 heavy (non-hydrogen) atoms. The highest BCUT2D eigenvalue weighted by molar-refractivity contribution is 5.91. The molecule has 0 aromatic heterocycles. The summed E-state index contributed by atoms with van der Waals surface area (Å²) in [6.45, 7) is 10.9. The van der Waals surface area contributed by atoms with Gasteiger partial charge in [0.05, 0.1) is 7.11 Å². The number of rotatable bonds is 5. The van der Waals surface area contributed by atoms with Gasteiger partial charge in [0, 0.05) is 6.08 Å². The van der Waals surface area contributed by atoms with Crippen LogP contribution in [0.5, 0.6) is 0 Å². The molecule has 0 aliphatic carbocycles. The number of ether oxygens (including phenoxy) is 6. The number of carbonyl (C=O) groups excluding carboxylic acids is 2. The number of hydrogen-bond acceptors (Lipinski definition) is 8. The van der Waals surface area contributed by atoms with E-state index in [1.165, 1.54) is 13.2 Å². The fourth-order valence-corrected chi connectivity index (χ4v) is 3.81. The molecule has 3 fully saturated rings. The lowest BCUT2D eigenvalue weighted by Crippen LogP contribution is -2.54. The van der Waals surface area contributed by atoms with Crippen molar-refractivity contribution in [1.29, 1.82) is 0 Å². The van der Waals surface area contributed by atoms with Crippen molar-refractivity contribution >= 4 is 11.9 Å². The number of fused-ring (bicyclic) bond motifs is 3. The molecular weight excluding hydrogens is 382 g/mol. The summed E-state index contributed by atoms with van der Waals surface area (Å²) < 4.78 is 34.6. The number of amides is 1. The summed E-state index contributed by atoms with van der Waals surface area (Å²) in [5.74, 6) is -2.66. The van der Waals surface area contributed by atoms with E-state index in [9.17, 15) is 9.59 Å². The van der Waals surface area contributed by atoms with E-state index in [0.29, 0.717) is 0 Å². The van der Waals surface area contributed by atoms with Crippen molar-refractivity contribution < 1.29 is 38.0 Å². The van der Waals surface area contributed by atoms with Gasteiger partial charge >= 0.3 is 5.97 Å². The van der Waals surface area contributed by atoms with E-state index in [1.807, 2.05) is 41.5 Å². The number of nitrogens with one attached hydrogen (secondary N) is 1. The van der Waals surface area contributed by atoms with Crippen LogP contribution in [0.1, 0.15) is 41.5 Å². The van der Waals surface area contributed by atoms with Gasteiger partial charge in [0.1, 0.15) is 30.5 Å². The molecular formula is C20H31NO8. The van der Waals surface area contributed by atoms with E-state index in [2.05, 4.69) is 5.32 Å². The van der Waals surface area contributed by atoms with Crippen LogP contribution in [0.15, 0.2) is 12.2 Å². The lowest BCUT2D eigenvalue weighted by atomic mass is 9.98. The van der Waals surface area contributed by atoms with Crippen molar-refractivity contribution in [3.8, 4) is 0 Å². The molecule has 0 bridgehead atoms. The zero-order valence-electron chi connectivity index (χ0n) is 18.0.